The number of benzene rings is 1. The van der Waals surface area contributed by atoms with E-state index >= 15 is 0 Å². The van der Waals surface area contributed by atoms with Gasteiger partial charge < -0.3 is 10.1 Å². The van der Waals surface area contributed by atoms with E-state index in [1.54, 1.807) is 7.11 Å². The highest BCUT2D eigenvalue weighted by atomic mass is 16.5. The first kappa shape index (κ1) is 14.1. The summed E-state index contributed by atoms with van der Waals surface area (Å²) in [6, 6.07) is 8.84. The van der Waals surface area contributed by atoms with Crippen molar-refractivity contribution < 1.29 is 4.74 Å². The van der Waals surface area contributed by atoms with Gasteiger partial charge >= 0.3 is 0 Å². The van der Waals surface area contributed by atoms with Crippen LogP contribution in [0.4, 0.5) is 0 Å². The fourth-order valence-electron chi connectivity index (χ4n) is 3.30. The number of nitrogens with one attached hydrogen (secondary N) is 1. The average molecular weight is 285 g/mol. The molecule has 1 unspecified atom stereocenters. The number of fused-ring (bicyclic) bond motifs is 1. The Kier molecular flexibility index (Phi) is 3.97. The molecule has 4 heteroatoms. The smallest absolute Gasteiger partial charge is 0.123 e. The molecule has 0 spiro atoms. The number of methoxy groups -OCH3 is 1. The van der Waals surface area contributed by atoms with Gasteiger partial charge in [0.05, 0.1) is 13.3 Å². The zero-order chi connectivity index (χ0) is 14.8. The van der Waals surface area contributed by atoms with Crippen LogP contribution in [0, 0.1) is 0 Å². The van der Waals surface area contributed by atoms with Crippen LogP contribution in [0.15, 0.2) is 30.5 Å². The molecule has 1 N–H and O–H groups in total. The summed E-state index contributed by atoms with van der Waals surface area (Å²) in [5, 5.41) is 8.16. The molecule has 1 heterocycles. The van der Waals surface area contributed by atoms with Crippen molar-refractivity contribution in [2.45, 2.75) is 38.3 Å². The topological polar surface area (TPSA) is 39.1 Å². The molecule has 1 aliphatic rings. The minimum Gasteiger partial charge on any atom is -0.496 e. The predicted molar refractivity (Wildman–Crippen MR) is 83.4 cm³/mol. The van der Waals surface area contributed by atoms with Gasteiger partial charge in [-0.1, -0.05) is 18.2 Å². The van der Waals surface area contributed by atoms with E-state index in [0.29, 0.717) is 6.04 Å². The van der Waals surface area contributed by atoms with Gasteiger partial charge in [0.25, 0.3) is 0 Å². The minimum absolute atomic E-state index is 0.248. The molecule has 1 aliphatic carbocycles. The fourth-order valence-corrected chi connectivity index (χ4v) is 3.30. The lowest BCUT2D eigenvalue weighted by molar-refractivity contribution is 0.381. The van der Waals surface area contributed by atoms with E-state index in [9.17, 15) is 0 Å². The number of hydrogen-bond donors (Lipinski definition) is 1. The van der Waals surface area contributed by atoms with E-state index < -0.39 is 0 Å². The van der Waals surface area contributed by atoms with Crippen LogP contribution in [-0.4, -0.2) is 16.9 Å². The maximum atomic E-state index is 5.47. The second-order valence-corrected chi connectivity index (χ2v) is 5.75. The van der Waals surface area contributed by atoms with Crippen molar-refractivity contribution in [3.05, 3.63) is 47.3 Å². The number of rotatable bonds is 4. The quantitative estimate of drug-likeness (QED) is 0.938. The lowest BCUT2D eigenvalue weighted by Crippen LogP contribution is -2.28. The summed E-state index contributed by atoms with van der Waals surface area (Å²) < 4.78 is 7.48. The molecule has 2 atom stereocenters. The van der Waals surface area contributed by atoms with Gasteiger partial charge in [-0.2, -0.15) is 5.10 Å². The van der Waals surface area contributed by atoms with Crippen molar-refractivity contribution in [2.24, 2.45) is 7.05 Å². The average Bonchev–Trinajstić information content (AvgIpc) is 2.90. The van der Waals surface area contributed by atoms with E-state index in [0.717, 1.165) is 18.6 Å². The summed E-state index contributed by atoms with van der Waals surface area (Å²) >= 11 is 0. The van der Waals surface area contributed by atoms with Crippen molar-refractivity contribution in [2.75, 3.05) is 7.11 Å². The molecule has 2 aromatic rings. The van der Waals surface area contributed by atoms with Crippen LogP contribution in [0.5, 0.6) is 5.75 Å². The zero-order valence-corrected chi connectivity index (χ0v) is 13.0. The molecule has 0 aliphatic heterocycles. The Morgan fingerprint density at radius 2 is 2.19 bits per heavy atom. The van der Waals surface area contributed by atoms with Gasteiger partial charge in [0.1, 0.15) is 5.75 Å². The summed E-state index contributed by atoms with van der Waals surface area (Å²) in [5.41, 5.74) is 3.92. The molecule has 0 bridgehead atoms. The second kappa shape index (κ2) is 5.90. The van der Waals surface area contributed by atoms with Gasteiger partial charge in [-0.3, -0.25) is 4.68 Å². The predicted octanol–water partition coefficient (Wildman–Crippen LogP) is 3.16. The molecule has 21 heavy (non-hydrogen) atoms. The second-order valence-electron chi connectivity index (χ2n) is 5.75. The molecule has 4 nitrogen and oxygen atoms in total. The Morgan fingerprint density at radius 1 is 1.38 bits per heavy atom. The van der Waals surface area contributed by atoms with E-state index in [1.165, 1.54) is 23.2 Å². The molecule has 0 fully saturated rings. The summed E-state index contributed by atoms with van der Waals surface area (Å²) in [7, 11) is 3.76. The molecule has 112 valence electrons. The number of para-hydroxylation sites is 1. The van der Waals surface area contributed by atoms with Crippen molar-refractivity contribution >= 4 is 0 Å². The first-order valence-electron chi connectivity index (χ1n) is 7.60. The van der Waals surface area contributed by atoms with Gasteiger partial charge in [-0.05, 0) is 32.3 Å². The first-order valence-corrected chi connectivity index (χ1v) is 7.60. The van der Waals surface area contributed by atoms with E-state index in [2.05, 4.69) is 29.5 Å². The van der Waals surface area contributed by atoms with Gasteiger partial charge in [-0.25, -0.2) is 0 Å². The lowest BCUT2D eigenvalue weighted by Gasteiger charge is -2.28. The minimum atomic E-state index is 0.248. The highest BCUT2D eigenvalue weighted by molar-refractivity contribution is 5.36. The number of hydrogen-bond acceptors (Lipinski definition) is 3. The lowest BCUT2D eigenvalue weighted by atomic mass is 9.92. The largest absolute Gasteiger partial charge is 0.496 e. The van der Waals surface area contributed by atoms with Gasteiger partial charge in [0.2, 0.25) is 0 Å². The summed E-state index contributed by atoms with van der Waals surface area (Å²) in [5.74, 6) is 0.944. The Morgan fingerprint density at radius 3 is 3.00 bits per heavy atom. The monoisotopic (exact) mass is 285 g/mol. The maximum absolute atomic E-state index is 5.47. The normalized spacial score (nSPS) is 19.1. The molecule has 0 saturated carbocycles. The Labute approximate surface area is 126 Å². The molecule has 3 rings (SSSR count). The molecule has 0 radical (unpaired) electrons. The fraction of sp³-hybridized carbons (Fsp3) is 0.471. The van der Waals surface area contributed by atoms with Crippen LogP contribution in [0.2, 0.25) is 0 Å². The van der Waals surface area contributed by atoms with Crippen LogP contribution < -0.4 is 10.1 Å². The molecule has 1 aromatic heterocycles. The molecular weight excluding hydrogens is 262 g/mol. The van der Waals surface area contributed by atoms with Crippen LogP contribution >= 0.6 is 0 Å². The standard InChI is InChI=1S/C17H23N3O/c1-12(13-7-4-5-10-17(13)21-3)19-15-8-6-9-16-14(15)11-18-20(16)2/h4-5,7,10-12,15,19H,6,8-9H2,1-3H3/t12-,15?/m1/s1. The Hall–Kier alpha value is -1.81. The number of aryl methyl sites for hydroxylation is 1. The van der Waals surface area contributed by atoms with Crippen LogP contribution in [-0.2, 0) is 13.5 Å². The Bertz CT molecular complexity index is 620. The Balaban J connectivity index is 1.81. The number of ether oxygens (including phenoxy) is 1. The third kappa shape index (κ3) is 2.68. The highest BCUT2D eigenvalue weighted by Gasteiger charge is 2.25. The first-order chi connectivity index (χ1) is 10.2. The van der Waals surface area contributed by atoms with E-state index in [1.807, 2.05) is 30.1 Å². The maximum Gasteiger partial charge on any atom is 0.123 e. The van der Waals surface area contributed by atoms with E-state index in [4.69, 9.17) is 4.74 Å². The summed E-state index contributed by atoms with van der Waals surface area (Å²) in [6.45, 7) is 2.20. The van der Waals surface area contributed by atoms with Gasteiger partial charge in [0, 0.05) is 36.0 Å². The van der Waals surface area contributed by atoms with Crippen LogP contribution in [0.1, 0.15) is 48.7 Å². The van der Waals surface area contributed by atoms with Crippen LogP contribution in [0.25, 0.3) is 0 Å². The van der Waals surface area contributed by atoms with Crippen molar-refractivity contribution in [1.29, 1.82) is 0 Å². The summed E-state index contributed by atoms with van der Waals surface area (Å²) in [6.07, 6.45) is 5.52. The van der Waals surface area contributed by atoms with Gasteiger partial charge in [0.15, 0.2) is 0 Å². The SMILES string of the molecule is COc1ccccc1[C@@H](C)NC1CCCc2c1cnn2C. The zero-order valence-electron chi connectivity index (χ0n) is 13.0. The molecular formula is C17H23N3O. The highest BCUT2D eigenvalue weighted by Crippen LogP contribution is 2.33. The summed E-state index contributed by atoms with van der Waals surface area (Å²) in [4.78, 5) is 0. The number of aromatic nitrogens is 2. The van der Waals surface area contributed by atoms with Crippen molar-refractivity contribution in [3.63, 3.8) is 0 Å². The third-order valence-electron chi connectivity index (χ3n) is 4.43. The van der Waals surface area contributed by atoms with E-state index in [-0.39, 0.29) is 6.04 Å². The van der Waals surface area contributed by atoms with Crippen LogP contribution in [0.3, 0.4) is 0 Å². The molecule has 0 saturated heterocycles. The van der Waals surface area contributed by atoms with Crippen molar-refractivity contribution in [3.8, 4) is 5.75 Å². The third-order valence-corrected chi connectivity index (χ3v) is 4.43. The molecule has 1 aromatic carbocycles. The van der Waals surface area contributed by atoms with Crippen molar-refractivity contribution in [1.82, 2.24) is 15.1 Å². The molecule has 0 amide bonds. The number of nitrogens with zero attached hydrogens (tertiary/aromatic N) is 2. The van der Waals surface area contributed by atoms with Gasteiger partial charge in [-0.15, -0.1) is 0 Å².